The zero-order valence-corrected chi connectivity index (χ0v) is 16.0. The number of rotatable bonds is 6. The second-order valence-corrected chi connectivity index (χ2v) is 6.50. The number of hydrogen-bond acceptors (Lipinski definition) is 3. The van der Waals surface area contributed by atoms with Gasteiger partial charge in [0.05, 0.1) is 23.5 Å². The molecule has 27 heavy (non-hydrogen) atoms. The minimum Gasteiger partial charge on any atom is -0.378 e. The summed E-state index contributed by atoms with van der Waals surface area (Å²) in [6, 6.07) is 9.92. The fraction of sp³-hybridized carbons (Fsp3) is 0.273. The van der Waals surface area contributed by atoms with Crippen LogP contribution in [0.5, 0.6) is 0 Å². The Morgan fingerprint density at radius 3 is 2.74 bits per heavy atom. The molecule has 5 nitrogen and oxygen atoms in total. The van der Waals surface area contributed by atoms with E-state index in [0.717, 1.165) is 39.5 Å². The van der Waals surface area contributed by atoms with Gasteiger partial charge in [-0.1, -0.05) is 19.1 Å². The number of aromatic nitrogens is 2. The molecule has 0 fully saturated rings. The first kappa shape index (κ1) is 18.5. The van der Waals surface area contributed by atoms with E-state index >= 15 is 0 Å². The SMILES string of the molecule is C#CCc1c(C)nc2c(NCc3c(C)cccc3NC(=O)CC)cccn12. The van der Waals surface area contributed by atoms with Crippen molar-refractivity contribution in [3.63, 3.8) is 0 Å². The molecule has 0 radical (unpaired) electrons. The summed E-state index contributed by atoms with van der Waals surface area (Å²) in [7, 11) is 0. The van der Waals surface area contributed by atoms with Crippen LogP contribution in [0.4, 0.5) is 11.4 Å². The number of imidazole rings is 1. The highest BCUT2D eigenvalue weighted by Gasteiger charge is 2.12. The van der Waals surface area contributed by atoms with Crippen LogP contribution in [0.1, 0.15) is 35.9 Å². The molecule has 0 aliphatic heterocycles. The molecule has 3 rings (SSSR count). The van der Waals surface area contributed by atoms with E-state index in [1.54, 1.807) is 0 Å². The number of carbonyl (C=O) groups is 1. The van der Waals surface area contributed by atoms with Crippen LogP contribution in [0.3, 0.4) is 0 Å². The number of pyridine rings is 1. The topological polar surface area (TPSA) is 58.4 Å². The zero-order chi connectivity index (χ0) is 19.4. The van der Waals surface area contributed by atoms with Crippen LogP contribution in [-0.4, -0.2) is 15.3 Å². The van der Waals surface area contributed by atoms with Gasteiger partial charge in [0.1, 0.15) is 0 Å². The fourth-order valence-electron chi connectivity index (χ4n) is 3.15. The van der Waals surface area contributed by atoms with Gasteiger partial charge in [-0.05, 0) is 43.2 Å². The smallest absolute Gasteiger partial charge is 0.224 e. The molecule has 0 unspecified atom stereocenters. The molecule has 2 N–H and O–H groups in total. The summed E-state index contributed by atoms with van der Waals surface area (Å²) in [5.74, 6) is 2.70. The normalized spacial score (nSPS) is 10.6. The van der Waals surface area contributed by atoms with E-state index in [1.165, 1.54) is 0 Å². The first-order chi connectivity index (χ1) is 13.0. The lowest BCUT2D eigenvalue weighted by Crippen LogP contribution is -2.13. The summed E-state index contributed by atoms with van der Waals surface area (Å²) in [5, 5.41) is 6.46. The number of anilines is 2. The van der Waals surface area contributed by atoms with Gasteiger partial charge < -0.3 is 15.0 Å². The van der Waals surface area contributed by atoms with Gasteiger partial charge in [-0.15, -0.1) is 12.3 Å². The number of hydrogen-bond donors (Lipinski definition) is 2. The Bertz CT molecular complexity index is 1030. The van der Waals surface area contributed by atoms with Gasteiger partial charge in [0.25, 0.3) is 0 Å². The van der Waals surface area contributed by atoms with E-state index in [9.17, 15) is 4.79 Å². The van der Waals surface area contributed by atoms with Gasteiger partial charge in [0.15, 0.2) is 5.65 Å². The molecule has 0 aliphatic rings. The standard InChI is InChI=1S/C22H24N4O/c1-5-9-20-16(4)24-22-19(12-8-13-26(20)22)23-14-17-15(3)10-7-11-18(17)25-21(27)6-2/h1,7-8,10-13,23H,6,9,14H2,2-4H3,(H,25,27). The molecule has 1 amide bonds. The van der Waals surface area contributed by atoms with E-state index in [0.29, 0.717) is 19.4 Å². The second kappa shape index (κ2) is 7.96. The third kappa shape index (κ3) is 3.80. The van der Waals surface area contributed by atoms with Crippen LogP contribution >= 0.6 is 0 Å². The van der Waals surface area contributed by atoms with Gasteiger partial charge in [0, 0.05) is 24.8 Å². The van der Waals surface area contributed by atoms with E-state index in [4.69, 9.17) is 6.42 Å². The maximum atomic E-state index is 11.8. The third-order valence-electron chi connectivity index (χ3n) is 4.68. The number of terminal acetylenes is 1. The van der Waals surface area contributed by atoms with Crippen LogP contribution in [-0.2, 0) is 17.8 Å². The maximum Gasteiger partial charge on any atom is 0.224 e. The largest absolute Gasteiger partial charge is 0.378 e. The van der Waals surface area contributed by atoms with Crippen LogP contribution in [0.15, 0.2) is 36.5 Å². The molecule has 3 aromatic rings. The summed E-state index contributed by atoms with van der Waals surface area (Å²) in [6.07, 6.45) is 8.47. The molecular formula is C22H24N4O. The Hall–Kier alpha value is -3.26. The van der Waals surface area contributed by atoms with Gasteiger partial charge in [-0.3, -0.25) is 4.79 Å². The fourth-order valence-corrected chi connectivity index (χ4v) is 3.15. The number of amides is 1. The van der Waals surface area contributed by atoms with Gasteiger partial charge >= 0.3 is 0 Å². The number of nitrogens with one attached hydrogen (secondary N) is 2. The zero-order valence-electron chi connectivity index (χ0n) is 16.0. The van der Waals surface area contributed by atoms with E-state index < -0.39 is 0 Å². The van der Waals surface area contributed by atoms with Crippen LogP contribution in [0, 0.1) is 26.2 Å². The molecule has 5 heteroatoms. The van der Waals surface area contributed by atoms with Crippen molar-refractivity contribution in [2.75, 3.05) is 10.6 Å². The van der Waals surface area contributed by atoms with E-state index in [-0.39, 0.29) is 5.91 Å². The molecule has 1 aromatic carbocycles. The first-order valence-electron chi connectivity index (χ1n) is 9.07. The van der Waals surface area contributed by atoms with Crippen molar-refractivity contribution in [2.24, 2.45) is 0 Å². The number of fused-ring (bicyclic) bond motifs is 1. The third-order valence-corrected chi connectivity index (χ3v) is 4.68. The summed E-state index contributed by atoms with van der Waals surface area (Å²) < 4.78 is 2.04. The average Bonchev–Trinajstić information content (AvgIpc) is 2.98. The molecule has 2 heterocycles. The Kier molecular flexibility index (Phi) is 5.46. The Morgan fingerprint density at radius 1 is 1.22 bits per heavy atom. The average molecular weight is 360 g/mol. The lowest BCUT2D eigenvalue weighted by molar-refractivity contribution is -0.115. The highest BCUT2D eigenvalue weighted by atomic mass is 16.1. The Labute approximate surface area is 159 Å². The first-order valence-corrected chi connectivity index (χ1v) is 9.07. The van der Waals surface area contributed by atoms with Gasteiger partial charge in [0.2, 0.25) is 5.91 Å². The van der Waals surface area contributed by atoms with Gasteiger partial charge in [-0.2, -0.15) is 0 Å². The second-order valence-electron chi connectivity index (χ2n) is 6.50. The molecule has 0 aliphatic carbocycles. The molecule has 0 saturated carbocycles. The van der Waals surface area contributed by atoms with Crippen molar-refractivity contribution >= 4 is 22.9 Å². The summed E-state index contributed by atoms with van der Waals surface area (Å²) >= 11 is 0. The van der Waals surface area contributed by atoms with Crippen molar-refractivity contribution in [3.05, 3.63) is 59.0 Å². The number of benzene rings is 1. The Morgan fingerprint density at radius 2 is 2.00 bits per heavy atom. The van der Waals surface area contributed by atoms with Crippen LogP contribution < -0.4 is 10.6 Å². The van der Waals surface area contributed by atoms with Gasteiger partial charge in [-0.25, -0.2) is 4.98 Å². The molecule has 0 atom stereocenters. The molecule has 0 bridgehead atoms. The molecular weight excluding hydrogens is 336 g/mol. The van der Waals surface area contributed by atoms with E-state index in [2.05, 4.69) is 21.5 Å². The summed E-state index contributed by atoms with van der Waals surface area (Å²) in [6.45, 7) is 6.45. The monoisotopic (exact) mass is 360 g/mol. The van der Waals surface area contributed by atoms with Crippen LogP contribution in [0.25, 0.3) is 5.65 Å². The molecule has 2 aromatic heterocycles. The van der Waals surface area contributed by atoms with Crippen molar-refractivity contribution < 1.29 is 4.79 Å². The van der Waals surface area contributed by atoms with Crippen molar-refractivity contribution in [1.29, 1.82) is 0 Å². The molecule has 138 valence electrons. The minimum absolute atomic E-state index is 0.00626. The molecule has 0 spiro atoms. The number of nitrogens with zero attached hydrogens (tertiary/aromatic N) is 2. The number of carbonyl (C=O) groups excluding carboxylic acids is 1. The lowest BCUT2D eigenvalue weighted by atomic mass is 10.1. The Balaban J connectivity index is 1.91. The number of aryl methyl sites for hydroxylation is 2. The highest BCUT2D eigenvalue weighted by molar-refractivity contribution is 5.91. The maximum absolute atomic E-state index is 11.8. The predicted molar refractivity (Wildman–Crippen MR) is 110 cm³/mol. The van der Waals surface area contributed by atoms with Crippen molar-refractivity contribution in [3.8, 4) is 12.3 Å². The van der Waals surface area contributed by atoms with Crippen molar-refractivity contribution in [1.82, 2.24) is 9.38 Å². The lowest BCUT2D eigenvalue weighted by Gasteiger charge is -2.15. The highest BCUT2D eigenvalue weighted by Crippen LogP contribution is 2.24. The quantitative estimate of drug-likeness (QED) is 0.651. The summed E-state index contributed by atoms with van der Waals surface area (Å²) in [5.41, 5.74) is 6.78. The van der Waals surface area contributed by atoms with Crippen LogP contribution in [0.2, 0.25) is 0 Å². The molecule has 0 saturated heterocycles. The minimum atomic E-state index is 0.00626. The van der Waals surface area contributed by atoms with Crippen molar-refractivity contribution in [2.45, 2.75) is 40.2 Å². The summed E-state index contributed by atoms with van der Waals surface area (Å²) in [4.78, 5) is 16.5. The van der Waals surface area contributed by atoms with E-state index in [1.807, 2.05) is 61.7 Å². The predicted octanol–water partition coefficient (Wildman–Crippen LogP) is 4.09.